The number of rotatable bonds is 3. The maximum absolute atomic E-state index is 12.1. The molecule has 2 aliphatic heterocycles. The third kappa shape index (κ3) is 4.98. The number of hydrogen-bond acceptors (Lipinski definition) is 4. The van der Waals surface area contributed by atoms with E-state index in [1.165, 1.54) is 0 Å². The predicted molar refractivity (Wildman–Crippen MR) is 75.4 cm³/mol. The van der Waals surface area contributed by atoms with E-state index < -0.39 is 23.5 Å². The number of carbonyl (C=O) groups excluding carboxylic acids is 1. The number of piperazine rings is 1. The summed E-state index contributed by atoms with van der Waals surface area (Å²) in [6.07, 6.45) is -5.08. The number of carbonyl (C=O) groups is 3. The second-order valence-corrected chi connectivity index (χ2v) is 6.21. The number of nitrogens with zero attached hydrogens (tertiary/aromatic N) is 2. The van der Waals surface area contributed by atoms with Crippen LogP contribution < -0.4 is 5.32 Å². The molecule has 3 N–H and O–H groups in total. The number of halogens is 3. The molecule has 1 atom stereocenters. The molecule has 2 aliphatic rings. The predicted octanol–water partition coefficient (Wildman–Crippen LogP) is 0.440. The lowest BCUT2D eigenvalue weighted by Crippen LogP contribution is -2.50. The van der Waals surface area contributed by atoms with Gasteiger partial charge in [-0.2, -0.15) is 13.2 Å². The maximum atomic E-state index is 12.1. The van der Waals surface area contributed by atoms with Crippen LogP contribution in [-0.4, -0.2) is 82.9 Å². The molecule has 0 radical (unpaired) electrons. The molecule has 0 aliphatic carbocycles. The summed E-state index contributed by atoms with van der Waals surface area (Å²) in [5.74, 6) is -3.62. The van der Waals surface area contributed by atoms with E-state index in [1.807, 2.05) is 4.90 Å². The summed E-state index contributed by atoms with van der Waals surface area (Å²) in [5, 5.41) is 19.5. The van der Waals surface area contributed by atoms with Crippen LogP contribution in [0.15, 0.2) is 0 Å². The van der Waals surface area contributed by atoms with Gasteiger partial charge in [0, 0.05) is 32.7 Å². The van der Waals surface area contributed by atoms with Gasteiger partial charge >= 0.3 is 24.1 Å². The van der Waals surface area contributed by atoms with E-state index in [2.05, 4.69) is 5.32 Å². The highest BCUT2D eigenvalue weighted by Crippen LogP contribution is 2.23. The van der Waals surface area contributed by atoms with Gasteiger partial charge in [0.25, 0.3) is 0 Å². The van der Waals surface area contributed by atoms with Gasteiger partial charge in [-0.3, -0.25) is 4.79 Å². The van der Waals surface area contributed by atoms with Gasteiger partial charge in [0.15, 0.2) is 0 Å². The van der Waals surface area contributed by atoms with Gasteiger partial charge in [0.1, 0.15) is 0 Å². The molecule has 24 heavy (non-hydrogen) atoms. The molecule has 2 amide bonds. The number of alkyl halides is 3. The summed E-state index contributed by atoms with van der Waals surface area (Å²) < 4.78 is 31.7. The van der Waals surface area contributed by atoms with Crippen LogP contribution in [0.1, 0.15) is 13.8 Å². The van der Waals surface area contributed by atoms with Crippen molar-refractivity contribution in [1.29, 1.82) is 0 Å². The van der Waals surface area contributed by atoms with Gasteiger partial charge in [0.05, 0.1) is 11.5 Å². The van der Waals surface area contributed by atoms with Gasteiger partial charge in [-0.1, -0.05) is 0 Å². The SMILES string of the molecule is CC(C)(CN1C[C@@H]2CNCCN2C1=O)C(=O)O.O=C(O)C(F)(F)F. The van der Waals surface area contributed by atoms with Gasteiger partial charge in [0.2, 0.25) is 0 Å². The first-order valence-electron chi connectivity index (χ1n) is 7.16. The zero-order valence-corrected chi connectivity index (χ0v) is 13.3. The van der Waals surface area contributed by atoms with Gasteiger partial charge in [-0.05, 0) is 13.8 Å². The lowest BCUT2D eigenvalue weighted by molar-refractivity contribution is -0.192. The Hall–Kier alpha value is -2.04. The van der Waals surface area contributed by atoms with E-state index in [1.54, 1.807) is 18.7 Å². The fraction of sp³-hybridized carbons (Fsp3) is 0.769. The van der Waals surface area contributed by atoms with Crippen molar-refractivity contribution in [3.05, 3.63) is 0 Å². The average molecular weight is 355 g/mol. The molecule has 0 aromatic heterocycles. The number of carboxylic acids is 2. The van der Waals surface area contributed by atoms with Gasteiger partial charge in [-0.15, -0.1) is 0 Å². The Kier molecular flexibility index (Phi) is 6.04. The highest BCUT2D eigenvalue weighted by Gasteiger charge is 2.42. The molecule has 0 bridgehead atoms. The Morgan fingerprint density at radius 1 is 1.25 bits per heavy atom. The Bertz CT molecular complexity index is 510. The van der Waals surface area contributed by atoms with Crippen LogP contribution in [0.4, 0.5) is 18.0 Å². The van der Waals surface area contributed by atoms with Crippen LogP contribution in [0, 0.1) is 5.41 Å². The molecule has 2 rings (SSSR count). The number of carboxylic acid groups (broad SMARTS) is 2. The molecular formula is C13H20F3N3O5. The summed E-state index contributed by atoms with van der Waals surface area (Å²) in [7, 11) is 0. The minimum Gasteiger partial charge on any atom is -0.481 e. The van der Waals surface area contributed by atoms with E-state index in [9.17, 15) is 22.8 Å². The third-order valence-corrected chi connectivity index (χ3v) is 3.71. The van der Waals surface area contributed by atoms with Crippen molar-refractivity contribution in [3.63, 3.8) is 0 Å². The number of amides is 2. The minimum atomic E-state index is -5.08. The second-order valence-electron chi connectivity index (χ2n) is 6.21. The molecule has 0 saturated carbocycles. The third-order valence-electron chi connectivity index (χ3n) is 3.71. The van der Waals surface area contributed by atoms with E-state index in [0.29, 0.717) is 13.1 Å². The molecule has 0 spiro atoms. The molecule has 0 unspecified atom stereocenters. The highest BCUT2D eigenvalue weighted by molar-refractivity contribution is 5.79. The Morgan fingerprint density at radius 3 is 2.21 bits per heavy atom. The largest absolute Gasteiger partial charge is 0.490 e. The minimum absolute atomic E-state index is 0.0224. The standard InChI is InChI=1S/C11H19N3O3.C2HF3O2/c1-11(2,9(15)16)7-13-6-8-5-12-3-4-14(8)10(13)17;3-2(4,5)1(6)7/h8,12H,3-7H2,1-2H3,(H,15,16);(H,6,7)/t8-;/m0./s1. The smallest absolute Gasteiger partial charge is 0.481 e. The molecule has 11 heteroatoms. The van der Waals surface area contributed by atoms with Crippen LogP contribution in [0.25, 0.3) is 0 Å². The summed E-state index contributed by atoms with van der Waals surface area (Å²) in [5.41, 5.74) is -0.891. The van der Waals surface area contributed by atoms with Crippen molar-refractivity contribution < 1.29 is 37.8 Å². The summed E-state index contributed by atoms with van der Waals surface area (Å²) in [4.78, 5) is 35.5. The first-order chi connectivity index (χ1) is 10.9. The zero-order chi connectivity index (χ0) is 18.7. The monoisotopic (exact) mass is 355 g/mol. The quantitative estimate of drug-likeness (QED) is 0.678. The molecule has 138 valence electrons. The van der Waals surface area contributed by atoms with E-state index >= 15 is 0 Å². The molecule has 8 nitrogen and oxygen atoms in total. The maximum Gasteiger partial charge on any atom is 0.490 e. The van der Waals surface area contributed by atoms with Crippen molar-refractivity contribution in [2.75, 3.05) is 32.7 Å². The number of hydrogen-bond donors (Lipinski definition) is 3. The summed E-state index contributed by atoms with van der Waals surface area (Å²) in [6.45, 7) is 6.54. The van der Waals surface area contributed by atoms with Crippen LogP contribution in [0.2, 0.25) is 0 Å². The summed E-state index contributed by atoms with van der Waals surface area (Å²) in [6, 6.07) is 0.173. The Labute approximate surface area is 136 Å². The average Bonchev–Trinajstić information content (AvgIpc) is 2.75. The molecule has 0 aromatic rings. The van der Waals surface area contributed by atoms with Crippen molar-refractivity contribution in [3.8, 4) is 0 Å². The van der Waals surface area contributed by atoms with Crippen molar-refractivity contribution in [2.45, 2.75) is 26.1 Å². The Balaban J connectivity index is 0.000000351. The van der Waals surface area contributed by atoms with Crippen LogP contribution in [-0.2, 0) is 9.59 Å². The zero-order valence-electron chi connectivity index (χ0n) is 13.3. The second kappa shape index (κ2) is 7.24. The van der Waals surface area contributed by atoms with E-state index in [-0.39, 0.29) is 18.6 Å². The van der Waals surface area contributed by atoms with Gasteiger partial charge < -0.3 is 25.3 Å². The number of nitrogens with one attached hydrogen (secondary N) is 1. The molecule has 2 heterocycles. The first-order valence-corrected chi connectivity index (χ1v) is 7.16. The van der Waals surface area contributed by atoms with Crippen molar-refractivity contribution >= 4 is 18.0 Å². The van der Waals surface area contributed by atoms with Crippen LogP contribution in [0.5, 0.6) is 0 Å². The molecule has 0 aromatic carbocycles. The van der Waals surface area contributed by atoms with Crippen molar-refractivity contribution in [2.24, 2.45) is 5.41 Å². The fourth-order valence-electron chi connectivity index (χ4n) is 2.37. The highest BCUT2D eigenvalue weighted by atomic mass is 19.4. The van der Waals surface area contributed by atoms with E-state index in [4.69, 9.17) is 15.0 Å². The molecule has 2 fully saturated rings. The molecule has 2 saturated heterocycles. The normalized spacial score (nSPS) is 21.0. The van der Waals surface area contributed by atoms with Gasteiger partial charge in [-0.25, -0.2) is 9.59 Å². The van der Waals surface area contributed by atoms with Crippen LogP contribution in [0.3, 0.4) is 0 Å². The lowest BCUT2D eigenvalue weighted by Gasteiger charge is -2.28. The van der Waals surface area contributed by atoms with E-state index in [0.717, 1.165) is 13.1 Å². The van der Waals surface area contributed by atoms with Crippen LogP contribution >= 0.6 is 0 Å². The molecular weight excluding hydrogens is 335 g/mol. The number of urea groups is 1. The number of aliphatic carboxylic acids is 2. The van der Waals surface area contributed by atoms with Crippen molar-refractivity contribution in [1.82, 2.24) is 15.1 Å². The topological polar surface area (TPSA) is 110 Å². The Morgan fingerprint density at radius 2 is 1.79 bits per heavy atom. The first kappa shape index (κ1) is 20.0. The lowest BCUT2D eigenvalue weighted by atomic mass is 9.93. The number of fused-ring (bicyclic) bond motifs is 1. The fourth-order valence-corrected chi connectivity index (χ4v) is 2.37. The summed E-state index contributed by atoms with van der Waals surface area (Å²) >= 11 is 0.